The van der Waals surface area contributed by atoms with Crippen LogP contribution in [0.25, 0.3) is 6.08 Å². The fourth-order valence-corrected chi connectivity index (χ4v) is 1.04. The van der Waals surface area contributed by atoms with E-state index in [-0.39, 0.29) is 0 Å². The van der Waals surface area contributed by atoms with Crippen molar-refractivity contribution in [3.8, 4) is 0 Å². The van der Waals surface area contributed by atoms with E-state index >= 15 is 0 Å². The first-order valence-corrected chi connectivity index (χ1v) is 4.45. The highest BCUT2D eigenvalue weighted by Crippen LogP contribution is 1.99. The lowest BCUT2D eigenvalue weighted by Gasteiger charge is -1.90. The van der Waals surface area contributed by atoms with Crippen LogP contribution < -0.4 is 0 Å². The third kappa shape index (κ3) is 3.16. The molecular formula is C9H12OSi. The maximum absolute atomic E-state index is 5.02. The van der Waals surface area contributed by atoms with Gasteiger partial charge in [-0.15, -0.1) is 0 Å². The van der Waals surface area contributed by atoms with Gasteiger partial charge in [0.15, 0.2) is 0 Å². The van der Waals surface area contributed by atoms with Gasteiger partial charge in [-0.1, -0.05) is 42.5 Å². The van der Waals surface area contributed by atoms with E-state index < -0.39 is 0 Å². The van der Waals surface area contributed by atoms with Crippen molar-refractivity contribution in [2.45, 2.75) is 0 Å². The van der Waals surface area contributed by atoms with Gasteiger partial charge in [-0.2, -0.15) is 0 Å². The molecule has 0 bridgehead atoms. The van der Waals surface area contributed by atoms with Crippen molar-refractivity contribution < 1.29 is 4.43 Å². The first-order valence-electron chi connectivity index (χ1n) is 3.64. The Labute approximate surface area is 70.2 Å². The quantitative estimate of drug-likeness (QED) is 0.606. The van der Waals surface area contributed by atoms with Crippen LogP contribution in [0, 0.1) is 0 Å². The Bertz CT molecular complexity index is 218. The average molecular weight is 164 g/mol. The SMILES string of the molecule is [SiH3]OC/C=C/c1ccccc1. The number of benzene rings is 1. The molecule has 1 nitrogen and oxygen atoms in total. The van der Waals surface area contributed by atoms with E-state index in [4.69, 9.17) is 4.43 Å². The van der Waals surface area contributed by atoms with E-state index in [1.807, 2.05) is 24.3 Å². The predicted octanol–water partition coefficient (Wildman–Crippen LogP) is 0.997. The highest BCUT2D eigenvalue weighted by atomic mass is 28.2. The summed E-state index contributed by atoms with van der Waals surface area (Å²) < 4.78 is 5.02. The molecule has 0 fully saturated rings. The Kier molecular flexibility index (Phi) is 3.65. The highest BCUT2D eigenvalue weighted by Gasteiger charge is 1.80. The van der Waals surface area contributed by atoms with E-state index in [1.54, 1.807) is 0 Å². The summed E-state index contributed by atoms with van der Waals surface area (Å²) in [6, 6.07) is 10.2. The molecule has 0 unspecified atom stereocenters. The largest absolute Gasteiger partial charge is 0.424 e. The summed E-state index contributed by atoms with van der Waals surface area (Å²) in [6.45, 7) is 0.737. The second kappa shape index (κ2) is 4.88. The Balaban J connectivity index is 2.50. The van der Waals surface area contributed by atoms with E-state index in [2.05, 4.69) is 18.2 Å². The van der Waals surface area contributed by atoms with Gasteiger partial charge < -0.3 is 4.43 Å². The Morgan fingerprint density at radius 3 is 2.64 bits per heavy atom. The van der Waals surface area contributed by atoms with Crippen molar-refractivity contribution in [1.29, 1.82) is 0 Å². The molecule has 1 rings (SSSR count). The Morgan fingerprint density at radius 1 is 1.27 bits per heavy atom. The minimum atomic E-state index is 0.737. The van der Waals surface area contributed by atoms with E-state index in [9.17, 15) is 0 Å². The molecule has 0 amide bonds. The third-order valence-electron chi connectivity index (χ3n) is 1.37. The minimum absolute atomic E-state index is 0.737. The average Bonchev–Trinajstić information content (AvgIpc) is 2.07. The fraction of sp³-hybridized carbons (Fsp3) is 0.111. The van der Waals surface area contributed by atoms with Crippen LogP contribution in [0.2, 0.25) is 0 Å². The molecule has 11 heavy (non-hydrogen) atoms. The van der Waals surface area contributed by atoms with Gasteiger partial charge in [0.1, 0.15) is 10.5 Å². The van der Waals surface area contributed by atoms with E-state index in [0.29, 0.717) is 0 Å². The molecule has 0 aliphatic rings. The standard InChI is InChI=1S/C9H12OSi/c11-10-8-4-7-9-5-2-1-3-6-9/h1-7H,8H2,11H3/b7-4+. The molecule has 0 N–H and O–H groups in total. The molecule has 0 saturated carbocycles. The molecule has 0 saturated heterocycles. The van der Waals surface area contributed by atoms with Gasteiger partial charge in [0, 0.05) is 0 Å². The summed E-state index contributed by atoms with van der Waals surface area (Å²) in [5.41, 5.74) is 1.23. The molecule has 0 aliphatic carbocycles. The molecule has 0 aliphatic heterocycles. The van der Waals surface area contributed by atoms with Gasteiger partial charge in [0.05, 0.1) is 6.61 Å². The van der Waals surface area contributed by atoms with Gasteiger partial charge in [-0.25, -0.2) is 0 Å². The Morgan fingerprint density at radius 2 is 2.00 bits per heavy atom. The first kappa shape index (κ1) is 8.24. The minimum Gasteiger partial charge on any atom is -0.424 e. The summed E-state index contributed by atoms with van der Waals surface area (Å²) in [5.74, 6) is 0. The molecule has 2 heteroatoms. The van der Waals surface area contributed by atoms with Crippen LogP contribution in [0.4, 0.5) is 0 Å². The second-order valence-corrected chi connectivity index (χ2v) is 2.85. The van der Waals surface area contributed by atoms with Crippen molar-refractivity contribution in [3.05, 3.63) is 42.0 Å². The van der Waals surface area contributed by atoms with Crippen LogP contribution in [-0.2, 0) is 4.43 Å². The zero-order valence-corrected chi connectivity index (χ0v) is 8.66. The summed E-state index contributed by atoms with van der Waals surface area (Å²) in [4.78, 5) is 0. The third-order valence-corrected chi connectivity index (χ3v) is 1.71. The van der Waals surface area contributed by atoms with Crippen LogP contribution in [0.1, 0.15) is 5.56 Å². The lowest BCUT2D eigenvalue weighted by molar-refractivity contribution is 0.402. The second-order valence-electron chi connectivity index (χ2n) is 2.27. The lowest BCUT2D eigenvalue weighted by Crippen LogP contribution is -1.81. The van der Waals surface area contributed by atoms with E-state index in [0.717, 1.165) is 17.1 Å². The first-order chi connectivity index (χ1) is 5.43. The van der Waals surface area contributed by atoms with Crippen molar-refractivity contribution in [2.75, 3.05) is 6.61 Å². The number of hydrogen-bond acceptors (Lipinski definition) is 1. The maximum Gasteiger partial charge on any atom is 0.146 e. The van der Waals surface area contributed by atoms with Gasteiger partial charge in [0.25, 0.3) is 0 Å². The molecule has 1 aromatic rings. The van der Waals surface area contributed by atoms with Crippen molar-refractivity contribution in [3.63, 3.8) is 0 Å². The van der Waals surface area contributed by atoms with Crippen molar-refractivity contribution >= 4 is 16.6 Å². The van der Waals surface area contributed by atoms with Gasteiger partial charge in [-0.05, 0) is 5.56 Å². The smallest absolute Gasteiger partial charge is 0.146 e. The summed E-state index contributed by atoms with van der Waals surface area (Å²) in [6.07, 6.45) is 4.10. The molecular weight excluding hydrogens is 152 g/mol. The molecule has 58 valence electrons. The normalized spacial score (nSPS) is 10.9. The zero-order chi connectivity index (χ0) is 7.94. The van der Waals surface area contributed by atoms with Gasteiger partial charge in [-0.3, -0.25) is 0 Å². The van der Waals surface area contributed by atoms with Crippen LogP contribution in [0.5, 0.6) is 0 Å². The van der Waals surface area contributed by atoms with Crippen molar-refractivity contribution in [2.24, 2.45) is 0 Å². The van der Waals surface area contributed by atoms with Crippen LogP contribution >= 0.6 is 0 Å². The lowest BCUT2D eigenvalue weighted by atomic mass is 10.2. The molecule has 0 heterocycles. The van der Waals surface area contributed by atoms with Crippen LogP contribution in [0.3, 0.4) is 0 Å². The molecule has 0 spiro atoms. The summed E-state index contributed by atoms with van der Waals surface area (Å²) in [7, 11) is 0.814. The number of hydrogen-bond donors (Lipinski definition) is 0. The van der Waals surface area contributed by atoms with E-state index in [1.165, 1.54) is 5.56 Å². The molecule has 1 aromatic carbocycles. The van der Waals surface area contributed by atoms with Gasteiger partial charge >= 0.3 is 0 Å². The van der Waals surface area contributed by atoms with Crippen LogP contribution in [-0.4, -0.2) is 17.1 Å². The number of rotatable bonds is 3. The monoisotopic (exact) mass is 164 g/mol. The topological polar surface area (TPSA) is 9.23 Å². The van der Waals surface area contributed by atoms with Crippen LogP contribution in [0.15, 0.2) is 36.4 Å². The molecule has 0 aromatic heterocycles. The summed E-state index contributed by atoms with van der Waals surface area (Å²) >= 11 is 0. The summed E-state index contributed by atoms with van der Waals surface area (Å²) in [5, 5.41) is 0. The maximum atomic E-state index is 5.02. The Hall–Kier alpha value is -0.863. The molecule has 0 radical (unpaired) electrons. The highest BCUT2D eigenvalue weighted by molar-refractivity contribution is 5.98. The predicted molar refractivity (Wildman–Crippen MR) is 51.4 cm³/mol. The zero-order valence-electron chi connectivity index (χ0n) is 6.66. The fourth-order valence-electron chi connectivity index (χ4n) is 0.845. The van der Waals surface area contributed by atoms with Gasteiger partial charge in [0.2, 0.25) is 0 Å². The molecule has 0 atom stereocenters. The van der Waals surface area contributed by atoms with Crippen molar-refractivity contribution in [1.82, 2.24) is 0 Å².